The van der Waals surface area contributed by atoms with Crippen molar-refractivity contribution in [3.8, 4) is 0 Å². The minimum atomic E-state index is -3.57. The third-order valence-electron chi connectivity index (χ3n) is 7.43. The molecule has 0 saturated heterocycles. The smallest absolute Gasteiger partial charge is 0.266 e. The summed E-state index contributed by atoms with van der Waals surface area (Å²) < 4.78 is 28.8. The molecule has 2 aromatic rings. The van der Waals surface area contributed by atoms with E-state index in [-0.39, 0.29) is 41.1 Å². The number of rotatable bonds is 24. The number of hydrogen-bond donors (Lipinski definition) is 0. The van der Waals surface area contributed by atoms with Gasteiger partial charge in [0.25, 0.3) is 10.1 Å². The summed E-state index contributed by atoms with van der Waals surface area (Å²) in [7, 11) is -3.57. The molecule has 0 aromatic heterocycles. The Hall–Kier alpha value is -0.650. The first-order valence-electron chi connectivity index (χ1n) is 16.6. The van der Waals surface area contributed by atoms with Gasteiger partial charge >= 0.3 is 0 Å². The van der Waals surface area contributed by atoms with Crippen molar-refractivity contribution in [2.24, 2.45) is 0 Å². The quantitative estimate of drug-likeness (QED) is 0.0689. The zero-order valence-corrected chi connectivity index (χ0v) is 29.8. The Balaban J connectivity index is 0.000000776. The second-order valence-corrected chi connectivity index (χ2v) is 12.8. The van der Waals surface area contributed by atoms with Crippen molar-refractivity contribution in [1.82, 2.24) is 0 Å². The molecule has 0 heterocycles. The number of unbranched alkanes of at least 4 members (excludes halogenated alkanes) is 18. The fraction of sp³-hybridized carbons (Fsp3) is 0.667. The van der Waals surface area contributed by atoms with Crippen LogP contribution in [-0.4, -0.2) is 44.6 Å². The Labute approximate surface area is 277 Å². The van der Waals surface area contributed by atoms with Gasteiger partial charge in [-0.1, -0.05) is 178 Å². The summed E-state index contributed by atoms with van der Waals surface area (Å²) in [6.45, 7) is 4.81. The normalized spacial score (nSPS) is 11.0. The molecule has 0 fully saturated rings. The Kier molecular flexibility index (Phi) is 29.0. The molecule has 0 unspecified atom stereocenters. The molecule has 2 aromatic carbocycles. The van der Waals surface area contributed by atoms with Crippen LogP contribution in [0, 0.1) is 0 Å². The molecule has 3 nitrogen and oxygen atoms in total. The molecule has 0 spiro atoms. The third-order valence-corrected chi connectivity index (χ3v) is 8.76. The molecule has 5 heteroatoms. The van der Waals surface area contributed by atoms with Crippen LogP contribution in [0.15, 0.2) is 65.6 Å². The number of hydrogen-bond acceptors (Lipinski definition) is 3. The van der Waals surface area contributed by atoms with Crippen LogP contribution >= 0.6 is 0 Å². The predicted octanol–water partition coefficient (Wildman–Crippen LogP) is 11.1. The first kappa shape index (κ1) is 40.4. The summed E-state index contributed by atoms with van der Waals surface area (Å²) in [6, 6.07) is 19.2. The maximum absolute atomic E-state index is 11.9. The van der Waals surface area contributed by atoms with Crippen molar-refractivity contribution in [2.45, 2.75) is 154 Å². The molecule has 1 radical (unpaired) electrons. The van der Waals surface area contributed by atoms with Gasteiger partial charge in [-0.05, 0) is 37.0 Å². The summed E-state index contributed by atoms with van der Waals surface area (Å²) in [4.78, 5) is 0.238. The maximum atomic E-state index is 11.9. The summed E-state index contributed by atoms with van der Waals surface area (Å²) in [5.74, 6) is 0. The molecule has 229 valence electrons. The van der Waals surface area contributed by atoms with Gasteiger partial charge in [0.15, 0.2) is 0 Å². The molecule has 0 saturated carbocycles. The monoisotopic (exact) mass is 595 g/mol. The van der Waals surface area contributed by atoms with E-state index in [1.165, 1.54) is 128 Å². The summed E-state index contributed by atoms with van der Waals surface area (Å²) in [5.41, 5.74) is 1.50. The average molecular weight is 596 g/mol. The Morgan fingerprint density at radius 2 is 0.854 bits per heavy atom. The van der Waals surface area contributed by atoms with E-state index in [0.29, 0.717) is 0 Å². The number of aryl methyl sites for hydroxylation is 1. The Bertz CT molecular complexity index is 888. The average Bonchev–Trinajstić information content (AvgIpc) is 2.98. The minimum absolute atomic E-state index is 0. The van der Waals surface area contributed by atoms with E-state index in [1.54, 1.807) is 30.3 Å². The van der Waals surface area contributed by atoms with E-state index >= 15 is 0 Å². The van der Waals surface area contributed by atoms with Crippen LogP contribution in [0.5, 0.6) is 0 Å². The predicted molar refractivity (Wildman–Crippen MR) is 179 cm³/mol. The van der Waals surface area contributed by atoms with Gasteiger partial charge in [-0.2, -0.15) is 8.42 Å². The van der Waals surface area contributed by atoms with E-state index in [0.717, 1.165) is 12.8 Å². The van der Waals surface area contributed by atoms with Gasteiger partial charge in [0, 0.05) is 29.6 Å². The van der Waals surface area contributed by atoms with E-state index in [9.17, 15) is 8.42 Å². The van der Waals surface area contributed by atoms with Crippen molar-refractivity contribution >= 4 is 39.7 Å². The van der Waals surface area contributed by atoms with Crippen molar-refractivity contribution in [3.05, 3.63) is 66.2 Å². The van der Waals surface area contributed by atoms with Crippen LogP contribution < -0.4 is 0 Å². The van der Waals surface area contributed by atoms with Crippen LogP contribution in [0.2, 0.25) is 0 Å². The first-order chi connectivity index (χ1) is 19.6. The van der Waals surface area contributed by atoms with E-state index < -0.39 is 10.1 Å². The van der Waals surface area contributed by atoms with Gasteiger partial charge < -0.3 is 0 Å². The Morgan fingerprint density at radius 1 is 0.488 bits per heavy atom. The summed E-state index contributed by atoms with van der Waals surface area (Å²) >= 11 is 0. The first-order valence-corrected chi connectivity index (χ1v) is 18.0. The van der Waals surface area contributed by atoms with Gasteiger partial charge in [-0.3, -0.25) is 4.18 Å². The van der Waals surface area contributed by atoms with Crippen molar-refractivity contribution in [2.75, 3.05) is 6.61 Å². The zero-order valence-electron chi connectivity index (χ0n) is 27.0. The van der Waals surface area contributed by atoms with Crippen molar-refractivity contribution in [3.63, 3.8) is 0 Å². The molecular weight excluding hydrogens is 535 g/mol. The molecule has 2 rings (SSSR count). The van der Waals surface area contributed by atoms with Crippen LogP contribution in [0.4, 0.5) is 0 Å². The maximum Gasteiger partial charge on any atom is 0.296 e. The van der Waals surface area contributed by atoms with Gasteiger partial charge in [-0.25, -0.2) is 0 Å². The van der Waals surface area contributed by atoms with E-state index in [1.807, 2.05) is 0 Å². The standard InChI is InChI=1S/C18H30O3S.C18H30.Na/c1-2-3-4-5-6-7-8-9-10-14-17-21-22(19,20)18-15-12-11-13-16-18;1-2-3-4-5-6-7-8-9-10-12-15-18-16-13-11-14-17-18;/h11-13,15-16H,2-10,14,17H2,1H3;11,13-14,16-17H,2-10,12,15H2,1H3;. The van der Waals surface area contributed by atoms with E-state index in [2.05, 4.69) is 44.2 Å². The molecule has 41 heavy (non-hydrogen) atoms. The summed E-state index contributed by atoms with van der Waals surface area (Å²) in [5, 5.41) is 0. The number of benzene rings is 2. The van der Waals surface area contributed by atoms with Crippen LogP contribution in [0.1, 0.15) is 148 Å². The molecule has 0 atom stereocenters. The third kappa shape index (κ3) is 24.5. The topological polar surface area (TPSA) is 43.4 Å². The molecule has 0 aliphatic rings. The molecule has 0 N–H and O–H groups in total. The largest absolute Gasteiger partial charge is 0.296 e. The van der Waals surface area contributed by atoms with Gasteiger partial charge in [-0.15, -0.1) is 0 Å². The fourth-order valence-corrected chi connectivity index (χ4v) is 5.84. The van der Waals surface area contributed by atoms with Crippen LogP contribution in [-0.2, 0) is 20.7 Å². The van der Waals surface area contributed by atoms with Crippen LogP contribution in [0.25, 0.3) is 0 Å². The zero-order chi connectivity index (χ0) is 29.0. The van der Waals surface area contributed by atoms with Gasteiger partial charge in [0.05, 0.1) is 11.5 Å². The molecule has 0 aliphatic carbocycles. The van der Waals surface area contributed by atoms with Crippen molar-refractivity contribution < 1.29 is 12.6 Å². The molecule has 0 amide bonds. The molecule has 0 aliphatic heterocycles. The summed E-state index contributed by atoms with van der Waals surface area (Å²) in [6.07, 6.45) is 27.8. The van der Waals surface area contributed by atoms with E-state index in [4.69, 9.17) is 4.18 Å². The Morgan fingerprint density at radius 3 is 1.29 bits per heavy atom. The molecular formula is C36H60NaO3S. The SMILES string of the molecule is CCCCCCCCCCCCOS(=O)(=O)c1ccccc1.CCCCCCCCCCCCc1ccccc1.[Na]. The van der Waals surface area contributed by atoms with Gasteiger partial charge in [0.1, 0.15) is 0 Å². The van der Waals surface area contributed by atoms with Crippen molar-refractivity contribution in [1.29, 1.82) is 0 Å². The fourth-order valence-electron chi connectivity index (χ4n) is 4.87. The second-order valence-electron chi connectivity index (χ2n) is 11.2. The van der Waals surface area contributed by atoms with Gasteiger partial charge in [0.2, 0.25) is 0 Å². The van der Waals surface area contributed by atoms with Crippen LogP contribution in [0.3, 0.4) is 0 Å². The second kappa shape index (κ2) is 29.4. The molecule has 0 bridgehead atoms. The minimum Gasteiger partial charge on any atom is -0.266 e.